The molecule has 0 bridgehead atoms. The van der Waals surface area contributed by atoms with Crippen molar-refractivity contribution in [1.82, 2.24) is 4.44 Å². The van der Waals surface area contributed by atoms with Gasteiger partial charge >= 0.3 is 0 Å². The number of unbranched alkanes of at least 4 members (excludes halogenated alkanes) is 36. The Hall–Kier alpha value is -1.43. The third-order valence-electron chi connectivity index (χ3n) is 27.0. The van der Waals surface area contributed by atoms with Crippen LogP contribution in [-0.4, -0.2) is 42.8 Å². The first-order valence-corrected chi connectivity index (χ1v) is 62.9. The molecule has 630 valence electrons. The van der Waals surface area contributed by atoms with Crippen molar-refractivity contribution in [3.05, 3.63) is 97.1 Å². The van der Waals surface area contributed by atoms with Crippen molar-refractivity contribution in [3.8, 4) is 0 Å². The predicted molar refractivity (Wildman–Crippen MR) is 523 cm³/mol. The van der Waals surface area contributed by atoms with Crippen molar-refractivity contribution >= 4 is 90.4 Å². The number of benzene rings is 4. The summed E-state index contributed by atoms with van der Waals surface area (Å²) >= 11 is 0. The fraction of sp³-hybridized carbons (Fsp3) is 0.767. The van der Waals surface area contributed by atoms with Crippen LogP contribution in [0.5, 0.6) is 0 Å². The fourth-order valence-corrected chi connectivity index (χ4v) is 48.3. The summed E-state index contributed by atoms with van der Waals surface area (Å²) in [7, 11) is -9.11. The molecule has 0 fully saturated rings. The minimum Gasteiger partial charge on any atom is -0.242 e. The first-order valence-electron chi connectivity index (χ1n) is 49.8. The van der Waals surface area contributed by atoms with Gasteiger partial charge in [0.2, 0.25) is 0 Å². The van der Waals surface area contributed by atoms with Crippen molar-refractivity contribution in [2.45, 2.75) is 509 Å². The molecule has 0 saturated carbocycles. The molecular formula is C103H187NP2Si4. The van der Waals surface area contributed by atoms with Gasteiger partial charge in [-0.1, -0.05) is 608 Å². The summed E-state index contributed by atoms with van der Waals surface area (Å²) in [4.78, 5) is 0. The van der Waals surface area contributed by atoms with Crippen molar-refractivity contribution in [2.24, 2.45) is 0 Å². The van der Waals surface area contributed by atoms with E-state index >= 15 is 0 Å². The maximum atomic E-state index is 3.48. The summed E-state index contributed by atoms with van der Waals surface area (Å²) in [6, 6.07) is 63.4. The summed E-state index contributed by atoms with van der Waals surface area (Å²) in [5.41, 5.74) is 0. The number of hydrogen-bond acceptors (Lipinski definition) is 1. The molecule has 110 heavy (non-hydrogen) atoms. The lowest BCUT2D eigenvalue weighted by molar-refractivity contribution is 0.393. The van der Waals surface area contributed by atoms with Gasteiger partial charge in [-0.3, -0.25) is 0 Å². The molecule has 1 nitrogen and oxygen atoms in total. The molecule has 0 atom stereocenters. The second kappa shape index (κ2) is 63.6. The highest BCUT2D eigenvalue weighted by molar-refractivity contribution is 7.84. The van der Waals surface area contributed by atoms with Crippen molar-refractivity contribution in [1.29, 1.82) is 0 Å². The van der Waals surface area contributed by atoms with Gasteiger partial charge in [-0.15, -0.1) is 0 Å². The molecule has 0 aliphatic heterocycles. The highest BCUT2D eigenvalue weighted by Gasteiger charge is 2.42. The maximum absolute atomic E-state index is 3.48. The summed E-state index contributed by atoms with van der Waals surface area (Å²) in [6.07, 6.45) is 71.7. The minimum absolute atomic E-state index is 0.477. The lowest BCUT2D eigenvalue weighted by Gasteiger charge is -2.45. The van der Waals surface area contributed by atoms with Crippen molar-refractivity contribution in [3.63, 3.8) is 0 Å². The standard InChI is InChI=1S/C103H187NP2Si4/c1-15-29-43-45-47-49-51-53-55-57-59-61-63-65-95(66-64-62-60-58-56-54-52-50-48-46-44-30-16-2)104(105(96-67-75-100(76-68-96)107(83-31-17-3,84-32-18-4)85-33-19-5)97-69-77-101(78-70-97)108(86-34-20-6,87-35-21-7)88-36-22-8)106(98-71-79-102(80-72-98)109(89-37-23-9,90-38-24-10)91-39-25-11)99-73-81-103(82-74-99)110(92-40-26-12,93-41-27-13)94-42-28-14/h67-82,95H,15-66,83-94H2,1-14H3. The monoisotopic (exact) mass is 1610 g/mol. The Balaban J connectivity index is 2.26. The molecule has 4 rings (SSSR count). The second-order valence-electron chi connectivity index (χ2n) is 36.2. The Kier molecular flexibility index (Phi) is 58.4. The van der Waals surface area contributed by atoms with E-state index in [4.69, 9.17) is 0 Å². The van der Waals surface area contributed by atoms with E-state index in [1.807, 2.05) is 0 Å². The Labute approximate surface area is 696 Å². The van der Waals surface area contributed by atoms with E-state index in [-0.39, 0.29) is 0 Å². The van der Waals surface area contributed by atoms with Crippen LogP contribution in [0.15, 0.2) is 97.1 Å². The number of hydrogen-bond donors (Lipinski definition) is 0. The van der Waals surface area contributed by atoms with Gasteiger partial charge in [0.15, 0.2) is 0 Å². The van der Waals surface area contributed by atoms with Crippen molar-refractivity contribution < 1.29 is 0 Å². The maximum Gasteiger partial charge on any atom is 0.0867 e. The Morgan fingerprint density at radius 2 is 0.318 bits per heavy atom. The summed E-state index contributed by atoms with van der Waals surface area (Å²) in [5, 5.41) is 13.7. The van der Waals surface area contributed by atoms with Crippen LogP contribution in [0.25, 0.3) is 0 Å². The summed E-state index contributed by atoms with van der Waals surface area (Å²) in [5.74, 6) is 0. The molecule has 0 spiro atoms. The molecule has 4 aromatic carbocycles. The Morgan fingerprint density at radius 3 is 0.464 bits per heavy atom. The van der Waals surface area contributed by atoms with Gasteiger partial charge in [-0.25, -0.2) is 4.44 Å². The molecule has 0 N–H and O–H groups in total. The molecular weight excluding hydrogens is 1430 g/mol. The van der Waals surface area contributed by atoms with Gasteiger partial charge in [-0.05, 0) is 34.1 Å². The molecule has 0 heterocycles. The zero-order valence-corrected chi connectivity index (χ0v) is 82.2. The SMILES string of the molecule is CCCCCCCCCCCCCCCC(CCCCCCCCCCCCCCC)N(P(c1ccc([Si](CCCC)(CCCC)CCCC)cc1)c1ccc([Si](CCCC)(CCCC)CCCC)cc1)P(c1ccc([Si](CCCC)(CCCC)CCCC)cc1)c1ccc([Si](CCCC)(CCCC)CCCC)cc1. The molecule has 0 aliphatic rings. The summed E-state index contributed by atoms with van der Waals surface area (Å²) < 4.78 is 3.48. The van der Waals surface area contributed by atoms with Gasteiger partial charge in [-0.2, -0.15) is 0 Å². The molecule has 0 aromatic heterocycles. The molecule has 0 aliphatic carbocycles. The Bertz CT molecular complexity index is 2310. The third kappa shape index (κ3) is 36.4. The van der Waals surface area contributed by atoms with E-state index in [9.17, 15) is 0 Å². The summed E-state index contributed by atoms with van der Waals surface area (Å²) in [6.45, 7) is 34.4. The first-order chi connectivity index (χ1) is 54.0. The van der Waals surface area contributed by atoms with E-state index in [0.717, 1.165) is 0 Å². The van der Waals surface area contributed by atoms with Crippen LogP contribution in [0, 0.1) is 0 Å². The Morgan fingerprint density at radius 1 is 0.182 bits per heavy atom. The molecule has 4 aromatic rings. The smallest absolute Gasteiger partial charge is 0.0867 e. The van der Waals surface area contributed by atoms with E-state index in [2.05, 4.69) is 198 Å². The van der Waals surface area contributed by atoms with E-state index in [1.165, 1.54) is 406 Å². The first kappa shape index (κ1) is 101. The lowest BCUT2D eigenvalue weighted by Crippen LogP contribution is -2.48. The number of rotatable bonds is 75. The highest BCUT2D eigenvalue weighted by Crippen LogP contribution is 2.58. The van der Waals surface area contributed by atoms with Crippen LogP contribution in [0.1, 0.15) is 431 Å². The molecule has 0 amide bonds. The van der Waals surface area contributed by atoms with Crippen molar-refractivity contribution in [2.75, 3.05) is 0 Å². The largest absolute Gasteiger partial charge is 0.242 e. The normalized spacial score (nSPS) is 12.6. The van der Waals surface area contributed by atoms with Crippen LogP contribution in [-0.2, 0) is 0 Å². The predicted octanol–water partition coefficient (Wildman–Crippen LogP) is 32.9. The van der Waals surface area contributed by atoms with Crippen LogP contribution in [0.4, 0.5) is 0 Å². The van der Waals surface area contributed by atoms with Crippen LogP contribution in [0.2, 0.25) is 72.5 Å². The molecule has 7 heteroatoms. The van der Waals surface area contributed by atoms with Gasteiger partial charge in [0, 0.05) is 22.2 Å². The average Bonchev–Trinajstić information content (AvgIpc) is 0.754. The van der Waals surface area contributed by atoms with E-state index < -0.39 is 48.4 Å². The average molecular weight is 1610 g/mol. The van der Waals surface area contributed by atoms with Crippen LogP contribution < -0.4 is 42.0 Å². The van der Waals surface area contributed by atoms with Gasteiger partial charge in [0.1, 0.15) is 0 Å². The van der Waals surface area contributed by atoms with E-state index in [1.54, 1.807) is 42.0 Å². The van der Waals surface area contributed by atoms with Gasteiger partial charge < -0.3 is 0 Å². The fourth-order valence-electron chi connectivity index (χ4n) is 19.6. The molecule has 0 radical (unpaired) electrons. The molecule has 0 unspecified atom stereocenters. The third-order valence-corrected chi connectivity index (χ3v) is 54.7. The van der Waals surface area contributed by atoms with Gasteiger partial charge in [0.05, 0.1) is 32.3 Å². The van der Waals surface area contributed by atoms with Crippen LogP contribution >= 0.6 is 16.1 Å². The highest BCUT2D eigenvalue weighted by atomic mass is 31.2. The zero-order chi connectivity index (χ0) is 79.5. The van der Waals surface area contributed by atoms with E-state index in [0.29, 0.717) is 6.04 Å². The van der Waals surface area contributed by atoms with Crippen LogP contribution in [0.3, 0.4) is 0 Å². The molecule has 0 saturated heterocycles. The van der Waals surface area contributed by atoms with Gasteiger partial charge in [0.25, 0.3) is 0 Å². The quantitative estimate of drug-likeness (QED) is 0.0242. The zero-order valence-electron chi connectivity index (χ0n) is 76.4. The second-order valence-corrected chi connectivity index (χ2v) is 59.3. The number of nitrogens with zero attached hydrogens (tertiary/aromatic N) is 1. The topological polar surface area (TPSA) is 3.24 Å². The minimum atomic E-state index is -1.79. The lowest BCUT2D eigenvalue weighted by atomic mass is 10.00.